The number of aromatic nitrogens is 3. The fourth-order valence-electron chi connectivity index (χ4n) is 7.60. The molecule has 8 aromatic rings. The van der Waals surface area contributed by atoms with Crippen LogP contribution in [0.2, 0.25) is 0 Å². The highest BCUT2D eigenvalue weighted by Crippen LogP contribution is 2.45. The van der Waals surface area contributed by atoms with Gasteiger partial charge in [-0.2, -0.15) is 0 Å². The average Bonchev–Trinajstić information content (AvgIpc) is 0.767. The van der Waals surface area contributed by atoms with Gasteiger partial charge in [0.15, 0.2) is 0 Å². The van der Waals surface area contributed by atoms with Crippen molar-refractivity contribution in [3.05, 3.63) is 167 Å². The third-order valence-corrected chi connectivity index (χ3v) is 10.8. The summed E-state index contributed by atoms with van der Waals surface area (Å²) in [6.45, 7) is -19.0. The number of phenols is 1. The summed E-state index contributed by atoms with van der Waals surface area (Å²) in [5.74, 6) is -3.43. The van der Waals surface area contributed by atoms with Crippen LogP contribution in [0.25, 0.3) is 72.7 Å². The maximum Gasteiger partial charge on any atom is 0.149 e. The second kappa shape index (κ2) is 15.9. The Morgan fingerprint density at radius 2 is 1.35 bits per heavy atom. The van der Waals surface area contributed by atoms with Crippen molar-refractivity contribution in [3.63, 3.8) is 0 Å². The van der Waals surface area contributed by atoms with Crippen molar-refractivity contribution in [2.24, 2.45) is 0 Å². The minimum atomic E-state index is -4.22. The molecular weight excluding hydrogens is 755 g/mol. The molecule has 2 heterocycles. The summed E-state index contributed by atoms with van der Waals surface area (Å²) in [7, 11) is 0. The van der Waals surface area contributed by atoms with Crippen LogP contribution in [0.4, 0.5) is 0 Å². The van der Waals surface area contributed by atoms with Gasteiger partial charge in [-0.25, -0.2) is 4.98 Å². The van der Waals surface area contributed by atoms with Crippen LogP contribution in [0.5, 0.6) is 5.75 Å². The standard InChI is InChI=1S/C58H61N3O/c1-36(2)48-35-45(25-26-46(48)39-17-14-13-15-18-39)61-52-20-16-19-47(53(52)60-55(61)49-33-44(57(7,8)9)34-50(54(49)62)58(10,11)12)41-29-42(31-43(30-41)56(4,5)6)51-32-40(27-28-59-51)38-23-21-37(3)22-24-38/h13-36,62H,1-12H3/i3D3,7D3,8D3,9D3,10D3,11D3,12D3,21D,22D,23D,24D,36D. The molecule has 0 spiro atoms. The summed E-state index contributed by atoms with van der Waals surface area (Å²) in [6.07, 6.45) is 1.37. The summed E-state index contributed by atoms with van der Waals surface area (Å²) in [4.78, 5) is 9.71. The number of nitrogens with zero attached hydrogens (tertiary/aromatic N) is 3. The monoisotopic (exact) mass is 842 g/mol. The number of fused-ring (bicyclic) bond motifs is 1. The number of phenolic OH excluding ortho intramolecular Hbond substituents is 1. The van der Waals surface area contributed by atoms with E-state index in [1.807, 2.05) is 45.0 Å². The van der Waals surface area contributed by atoms with Crippen molar-refractivity contribution in [2.75, 3.05) is 0 Å². The van der Waals surface area contributed by atoms with E-state index in [4.69, 9.17) is 39.3 Å². The SMILES string of the molecule is [2H]c1c([2H])c(C([2H])([2H])[2H])c([2H])c([2H])c1-c1ccnc(-c2cc(-c3cccc4c3nc(-c3cc(C(C([2H])([2H])[2H])(C([2H])([2H])[2H])C([2H])([2H])[2H])cc(C(C([2H])([2H])[2H])(C([2H])([2H])[2H])C([2H])([2H])[2H])c3O)n4-c3ccc(-c4ccccc4)c(C([2H])(C)C)c3)cc(C(C)(C)C)c2)c1. The molecule has 0 fully saturated rings. The van der Waals surface area contributed by atoms with Crippen molar-refractivity contribution >= 4 is 11.0 Å². The average molecular weight is 842 g/mol. The zero-order valence-electron chi connectivity index (χ0n) is 60.8. The minimum absolute atomic E-state index is 0.0156. The molecule has 4 nitrogen and oxygen atoms in total. The number of rotatable bonds is 7. The Bertz CT molecular complexity index is 3920. The fraction of sp³-hybridized carbons (Fsp3) is 0.276. The van der Waals surface area contributed by atoms with Crippen LogP contribution in [0.15, 0.2) is 140 Å². The first-order valence-corrected chi connectivity index (χ1v) is 19.8. The van der Waals surface area contributed by atoms with Gasteiger partial charge < -0.3 is 5.11 Å². The lowest BCUT2D eigenvalue weighted by Crippen LogP contribution is -2.17. The van der Waals surface area contributed by atoms with E-state index >= 15 is 0 Å². The topological polar surface area (TPSA) is 50.9 Å². The maximum atomic E-state index is 13.0. The van der Waals surface area contributed by atoms with Gasteiger partial charge in [-0.15, -0.1) is 0 Å². The summed E-state index contributed by atoms with van der Waals surface area (Å²) in [5.41, 5.74) is -9.63. The molecule has 0 bridgehead atoms. The van der Waals surface area contributed by atoms with Crippen molar-refractivity contribution in [1.82, 2.24) is 14.5 Å². The quantitative estimate of drug-likeness (QED) is 0.174. The molecule has 0 atom stereocenters. The van der Waals surface area contributed by atoms with Crippen LogP contribution in [-0.2, 0) is 16.2 Å². The molecule has 4 heteroatoms. The highest BCUT2D eigenvalue weighted by molar-refractivity contribution is 5.97. The summed E-state index contributed by atoms with van der Waals surface area (Å²) >= 11 is 0. The molecule has 0 aliphatic rings. The smallest absolute Gasteiger partial charge is 0.149 e. The number of benzene rings is 6. The molecule has 8 rings (SSSR count). The highest BCUT2D eigenvalue weighted by atomic mass is 16.3. The second-order valence-corrected chi connectivity index (χ2v) is 16.7. The van der Waals surface area contributed by atoms with Gasteiger partial charge in [-0.3, -0.25) is 9.55 Å². The Morgan fingerprint density at radius 1 is 0.629 bits per heavy atom. The lowest BCUT2D eigenvalue weighted by Gasteiger charge is -2.27. The van der Waals surface area contributed by atoms with Crippen molar-refractivity contribution in [2.45, 2.75) is 105 Å². The molecule has 0 saturated heterocycles. The van der Waals surface area contributed by atoms with E-state index in [2.05, 4.69) is 4.98 Å². The Morgan fingerprint density at radius 3 is 2.05 bits per heavy atom. The number of hydrogen-bond donors (Lipinski definition) is 1. The Balaban J connectivity index is 1.58. The molecule has 0 aliphatic heterocycles. The van der Waals surface area contributed by atoms with E-state index in [-0.39, 0.29) is 45.2 Å². The van der Waals surface area contributed by atoms with Crippen LogP contribution in [0.1, 0.15) is 145 Å². The number of para-hydroxylation sites is 1. The second-order valence-electron chi connectivity index (χ2n) is 16.7. The highest BCUT2D eigenvalue weighted by Gasteiger charge is 2.29. The zero-order valence-corrected chi connectivity index (χ0v) is 34.8. The molecule has 314 valence electrons. The number of imidazole rings is 1. The van der Waals surface area contributed by atoms with Gasteiger partial charge in [0.2, 0.25) is 0 Å². The Hall–Kier alpha value is -6.26. The summed E-state index contributed by atoms with van der Waals surface area (Å²) in [6, 6.07) is 25.1. The van der Waals surface area contributed by atoms with Gasteiger partial charge >= 0.3 is 0 Å². The predicted molar refractivity (Wildman–Crippen MR) is 263 cm³/mol. The third-order valence-electron chi connectivity index (χ3n) is 10.8. The van der Waals surface area contributed by atoms with Crippen molar-refractivity contribution in [3.8, 4) is 67.5 Å². The van der Waals surface area contributed by atoms with Gasteiger partial charge in [0, 0.05) is 58.7 Å². The number of pyridine rings is 1. The third kappa shape index (κ3) is 8.23. The summed E-state index contributed by atoms with van der Waals surface area (Å²) in [5, 5.41) is 13.0. The van der Waals surface area contributed by atoms with Crippen molar-refractivity contribution in [1.29, 1.82) is 0 Å². The van der Waals surface area contributed by atoms with Crippen LogP contribution in [0, 0.1) is 6.85 Å². The molecule has 0 radical (unpaired) electrons. The van der Waals surface area contributed by atoms with Gasteiger partial charge in [0.25, 0.3) is 0 Å². The van der Waals surface area contributed by atoms with E-state index in [1.165, 1.54) is 22.9 Å². The fourth-order valence-corrected chi connectivity index (χ4v) is 7.60. The summed E-state index contributed by atoms with van der Waals surface area (Å²) < 4.78 is 227. The van der Waals surface area contributed by atoms with E-state index in [1.54, 1.807) is 74.5 Å². The van der Waals surface area contributed by atoms with E-state index in [0.717, 1.165) is 0 Å². The Kier molecular flexibility index (Phi) is 5.44. The normalized spacial score (nSPS) is 20.1. The molecule has 2 aromatic heterocycles. The molecule has 0 saturated carbocycles. The first kappa shape index (κ1) is 21.2. The molecule has 0 amide bonds. The molecule has 6 aromatic carbocycles. The maximum absolute atomic E-state index is 13.0. The molecule has 0 unspecified atom stereocenters. The number of hydrogen-bond acceptors (Lipinski definition) is 3. The first-order chi connectivity index (χ1) is 40.0. The molecule has 62 heavy (non-hydrogen) atoms. The zero-order chi connectivity index (χ0) is 66.2. The van der Waals surface area contributed by atoms with Gasteiger partial charge in [-0.1, -0.05) is 166 Å². The largest absolute Gasteiger partial charge is 0.507 e. The minimum Gasteiger partial charge on any atom is -0.507 e. The van der Waals surface area contributed by atoms with E-state index in [9.17, 15) is 6.48 Å². The van der Waals surface area contributed by atoms with Crippen LogP contribution in [0.3, 0.4) is 0 Å². The molecule has 0 aliphatic carbocycles. The van der Waals surface area contributed by atoms with Crippen molar-refractivity contribution < 1.29 is 40.7 Å². The number of aromatic hydroxyl groups is 1. The van der Waals surface area contributed by atoms with Crippen LogP contribution in [-0.4, -0.2) is 19.6 Å². The van der Waals surface area contributed by atoms with Gasteiger partial charge in [0.05, 0.1) is 27.8 Å². The molecular formula is C58H61N3O. The van der Waals surface area contributed by atoms with E-state index < -0.39 is 128 Å². The van der Waals surface area contributed by atoms with Gasteiger partial charge in [-0.05, 0) is 122 Å². The van der Waals surface area contributed by atoms with E-state index in [0.29, 0.717) is 39.4 Å². The molecule has 1 N–H and O–H groups in total. The van der Waals surface area contributed by atoms with Crippen LogP contribution >= 0.6 is 0 Å². The Labute approximate surface area is 405 Å². The van der Waals surface area contributed by atoms with Gasteiger partial charge in [0.1, 0.15) is 11.6 Å². The lowest BCUT2D eigenvalue weighted by atomic mass is 9.79. The van der Waals surface area contributed by atoms with Crippen LogP contribution < -0.4 is 0 Å². The predicted octanol–water partition coefficient (Wildman–Crippen LogP) is 15.8. The lowest BCUT2D eigenvalue weighted by molar-refractivity contribution is 0.446. The first-order valence-electron chi connectivity index (χ1n) is 32.8.